The van der Waals surface area contributed by atoms with Crippen LogP contribution in [-0.4, -0.2) is 27.0 Å². The first-order valence-electron chi connectivity index (χ1n) is 8.05. The summed E-state index contributed by atoms with van der Waals surface area (Å²) in [6.07, 6.45) is 2.11. The molecule has 1 saturated heterocycles. The Labute approximate surface area is 139 Å². The van der Waals surface area contributed by atoms with E-state index in [2.05, 4.69) is 15.5 Å². The summed E-state index contributed by atoms with van der Waals surface area (Å²) in [4.78, 5) is 30.4. The predicted molar refractivity (Wildman–Crippen MR) is 84.0 cm³/mol. The van der Waals surface area contributed by atoms with Gasteiger partial charge in [0.1, 0.15) is 6.04 Å². The monoisotopic (exact) mass is 326 g/mol. The minimum absolute atomic E-state index is 0.0300. The van der Waals surface area contributed by atoms with E-state index < -0.39 is 12.1 Å². The van der Waals surface area contributed by atoms with Crippen molar-refractivity contribution >= 4 is 11.9 Å². The summed E-state index contributed by atoms with van der Waals surface area (Å²) in [5.74, 6) is 1.02. The Hall–Kier alpha value is -2.70. The van der Waals surface area contributed by atoms with Crippen molar-refractivity contribution in [3.8, 4) is 0 Å². The lowest BCUT2D eigenvalue weighted by Crippen LogP contribution is -2.30. The van der Waals surface area contributed by atoms with Crippen LogP contribution in [0.25, 0.3) is 0 Å². The Balaban J connectivity index is 1.55. The van der Waals surface area contributed by atoms with Gasteiger partial charge in [-0.2, -0.15) is 4.98 Å². The van der Waals surface area contributed by atoms with Crippen LogP contribution in [-0.2, 0) is 11.3 Å². The van der Waals surface area contributed by atoms with E-state index in [1.807, 2.05) is 32.0 Å². The van der Waals surface area contributed by atoms with Gasteiger partial charge in [0.25, 0.3) is 5.91 Å². The van der Waals surface area contributed by atoms with Crippen LogP contribution in [0.1, 0.15) is 53.2 Å². The molecule has 2 aromatic rings. The number of aromatic nitrogens is 2. The van der Waals surface area contributed by atoms with E-state index in [0.717, 1.165) is 34.4 Å². The topological polar surface area (TPSA) is 88.3 Å². The zero-order valence-electron chi connectivity index (χ0n) is 13.6. The highest BCUT2D eigenvalue weighted by atomic mass is 16.5. The van der Waals surface area contributed by atoms with Crippen LogP contribution in [0.3, 0.4) is 0 Å². The summed E-state index contributed by atoms with van der Waals surface area (Å²) >= 11 is 0. The standard InChI is InChI=1S/C17H18N4O3/c1-9-4-3-5-12(10(9)2)14-16(22)21(17(23)19-14)8-13-18-15(24-20-13)11-6-7-11/h3-5,11,14H,6-8H2,1-2H3,(H,19,23)/t14-/m1/s1. The Morgan fingerprint density at radius 1 is 1.29 bits per heavy atom. The Bertz CT molecular complexity index is 825. The normalized spacial score (nSPS) is 20.6. The number of amides is 3. The van der Waals surface area contributed by atoms with Gasteiger partial charge in [-0.25, -0.2) is 4.79 Å². The van der Waals surface area contributed by atoms with Gasteiger partial charge in [0, 0.05) is 5.92 Å². The average molecular weight is 326 g/mol. The van der Waals surface area contributed by atoms with E-state index in [1.54, 1.807) is 0 Å². The largest absolute Gasteiger partial charge is 0.339 e. The van der Waals surface area contributed by atoms with Gasteiger partial charge >= 0.3 is 6.03 Å². The second-order valence-corrected chi connectivity index (χ2v) is 6.42. The molecular formula is C17H18N4O3. The molecule has 2 aliphatic rings. The molecule has 1 aromatic heterocycles. The second-order valence-electron chi connectivity index (χ2n) is 6.42. The summed E-state index contributed by atoms with van der Waals surface area (Å²) < 4.78 is 5.18. The summed E-state index contributed by atoms with van der Waals surface area (Å²) in [5.41, 5.74) is 2.91. The molecule has 0 radical (unpaired) electrons. The molecule has 24 heavy (non-hydrogen) atoms. The average Bonchev–Trinajstić information content (AvgIpc) is 3.25. The molecule has 3 amide bonds. The lowest BCUT2D eigenvalue weighted by atomic mass is 9.97. The van der Waals surface area contributed by atoms with Crippen LogP contribution in [0.2, 0.25) is 0 Å². The Kier molecular flexibility index (Phi) is 3.37. The molecule has 1 saturated carbocycles. The van der Waals surface area contributed by atoms with Gasteiger partial charge in [0.2, 0.25) is 5.89 Å². The van der Waals surface area contributed by atoms with Crippen molar-refractivity contribution in [3.05, 3.63) is 46.6 Å². The number of aryl methyl sites for hydroxylation is 1. The van der Waals surface area contributed by atoms with Crippen LogP contribution in [0, 0.1) is 13.8 Å². The van der Waals surface area contributed by atoms with Gasteiger partial charge in [0.05, 0.1) is 6.54 Å². The zero-order chi connectivity index (χ0) is 16.8. The fourth-order valence-corrected chi connectivity index (χ4v) is 2.94. The lowest BCUT2D eigenvalue weighted by Gasteiger charge is -2.14. The molecule has 1 aliphatic carbocycles. The van der Waals surface area contributed by atoms with E-state index in [0.29, 0.717) is 17.6 Å². The molecule has 0 spiro atoms. The fraction of sp³-hybridized carbons (Fsp3) is 0.412. The van der Waals surface area contributed by atoms with Crippen LogP contribution < -0.4 is 5.32 Å². The highest BCUT2D eigenvalue weighted by molar-refractivity contribution is 6.04. The number of imide groups is 1. The third-order valence-electron chi connectivity index (χ3n) is 4.69. The molecule has 7 nitrogen and oxygen atoms in total. The highest BCUT2D eigenvalue weighted by Crippen LogP contribution is 2.39. The highest BCUT2D eigenvalue weighted by Gasteiger charge is 2.40. The van der Waals surface area contributed by atoms with Crippen molar-refractivity contribution in [2.45, 2.75) is 45.2 Å². The van der Waals surface area contributed by atoms with E-state index in [-0.39, 0.29) is 12.5 Å². The van der Waals surface area contributed by atoms with Crippen molar-refractivity contribution in [1.29, 1.82) is 0 Å². The maximum absolute atomic E-state index is 12.7. The predicted octanol–water partition coefficient (Wildman–Crippen LogP) is 2.36. The number of benzene rings is 1. The van der Waals surface area contributed by atoms with E-state index in [1.165, 1.54) is 0 Å². The first-order valence-corrected chi connectivity index (χ1v) is 8.05. The SMILES string of the molecule is Cc1cccc([C@H]2NC(=O)N(Cc3noc(C4CC4)n3)C2=O)c1C. The number of rotatable bonds is 4. The van der Waals surface area contributed by atoms with E-state index in [9.17, 15) is 9.59 Å². The number of nitrogens with zero attached hydrogens (tertiary/aromatic N) is 3. The molecule has 0 bridgehead atoms. The van der Waals surface area contributed by atoms with E-state index >= 15 is 0 Å². The number of carbonyl (C=O) groups excluding carboxylic acids is 2. The van der Waals surface area contributed by atoms with Crippen molar-refractivity contribution in [1.82, 2.24) is 20.4 Å². The summed E-state index contributed by atoms with van der Waals surface area (Å²) in [6, 6.07) is 4.65. The molecule has 1 atom stereocenters. The van der Waals surface area contributed by atoms with Crippen LogP contribution in [0.4, 0.5) is 4.79 Å². The minimum Gasteiger partial charge on any atom is -0.339 e. The molecule has 2 fully saturated rings. The van der Waals surface area contributed by atoms with Gasteiger partial charge in [-0.1, -0.05) is 23.4 Å². The van der Waals surface area contributed by atoms with Gasteiger partial charge in [-0.3, -0.25) is 9.69 Å². The summed E-state index contributed by atoms with van der Waals surface area (Å²) in [5, 5.41) is 6.63. The zero-order valence-corrected chi connectivity index (χ0v) is 13.6. The number of urea groups is 1. The summed E-state index contributed by atoms with van der Waals surface area (Å²) in [7, 11) is 0. The first kappa shape index (κ1) is 14.9. The first-order chi connectivity index (χ1) is 11.5. The van der Waals surface area contributed by atoms with Crippen molar-refractivity contribution < 1.29 is 14.1 Å². The number of nitrogens with one attached hydrogen (secondary N) is 1. The molecule has 124 valence electrons. The maximum Gasteiger partial charge on any atom is 0.325 e. The number of hydrogen-bond acceptors (Lipinski definition) is 5. The molecule has 4 rings (SSSR count). The number of hydrogen-bond donors (Lipinski definition) is 1. The Morgan fingerprint density at radius 2 is 2.08 bits per heavy atom. The van der Waals surface area contributed by atoms with Crippen LogP contribution in [0.5, 0.6) is 0 Å². The maximum atomic E-state index is 12.7. The van der Waals surface area contributed by atoms with Crippen molar-refractivity contribution in [3.63, 3.8) is 0 Å². The van der Waals surface area contributed by atoms with Gasteiger partial charge in [-0.05, 0) is 43.4 Å². The molecule has 1 aromatic carbocycles. The number of carbonyl (C=O) groups is 2. The van der Waals surface area contributed by atoms with Gasteiger partial charge in [0.15, 0.2) is 5.82 Å². The third kappa shape index (κ3) is 2.46. The molecule has 7 heteroatoms. The minimum atomic E-state index is -0.660. The quantitative estimate of drug-likeness (QED) is 0.871. The van der Waals surface area contributed by atoms with Crippen molar-refractivity contribution in [2.75, 3.05) is 0 Å². The Morgan fingerprint density at radius 3 is 2.83 bits per heavy atom. The molecule has 2 heterocycles. The van der Waals surface area contributed by atoms with Gasteiger partial charge in [-0.15, -0.1) is 0 Å². The molecular weight excluding hydrogens is 308 g/mol. The molecule has 0 unspecified atom stereocenters. The van der Waals surface area contributed by atoms with E-state index in [4.69, 9.17) is 4.52 Å². The summed E-state index contributed by atoms with van der Waals surface area (Å²) in [6.45, 7) is 3.96. The van der Waals surface area contributed by atoms with Crippen LogP contribution in [0.15, 0.2) is 22.7 Å². The smallest absolute Gasteiger partial charge is 0.325 e. The molecule has 1 aliphatic heterocycles. The third-order valence-corrected chi connectivity index (χ3v) is 4.69. The lowest BCUT2D eigenvalue weighted by molar-refractivity contribution is -0.128. The van der Waals surface area contributed by atoms with Crippen LogP contribution >= 0.6 is 0 Å². The van der Waals surface area contributed by atoms with Crippen molar-refractivity contribution in [2.24, 2.45) is 0 Å². The van der Waals surface area contributed by atoms with Gasteiger partial charge < -0.3 is 9.84 Å². The molecule has 1 N–H and O–H groups in total. The second kappa shape index (κ2) is 5.43. The fourth-order valence-electron chi connectivity index (χ4n) is 2.94.